The Labute approximate surface area is 217 Å². The number of ether oxygens (including phenoxy) is 1. The predicted molar refractivity (Wildman–Crippen MR) is 133 cm³/mol. The lowest BCUT2D eigenvalue weighted by Gasteiger charge is -2.25. The van der Waals surface area contributed by atoms with E-state index >= 15 is 4.39 Å². The van der Waals surface area contributed by atoms with Gasteiger partial charge >= 0.3 is 12.1 Å². The van der Waals surface area contributed by atoms with E-state index in [9.17, 15) is 22.4 Å². The first-order valence-corrected chi connectivity index (χ1v) is 12.7. The molecule has 5 nitrogen and oxygen atoms in total. The molecule has 4 rings (SSSR count). The summed E-state index contributed by atoms with van der Waals surface area (Å²) in [6.07, 6.45) is -2.60. The number of alkyl halides is 3. The summed E-state index contributed by atoms with van der Waals surface area (Å²) in [4.78, 5) is 15.5. The number of hydrogen-bond donors (Lipinski definition) is 2. The molecule has 1 aliphatic carbocycles. The van der Waals surface area contributed by atoms with Crippen LogP contribution >= 0.6 is 23.3 Å². The van der Waals surface area contributed by atoms with Crippen LogP contribution < -0.4 is 9.46 Å². The van der Waals surface area contributed by atoms with Crippen molar-refractivity contribution in [1.82, 2.24) is 4.98 Å². The summed E-state index contributed by atoms with van der Waals surface area (Å²) in [6.45, 7) is 1.59. The van der Waals surface area contributed by atoms with Gasteiger partial charge in [-0.05, 0) is 55.0 Å². The molecular weight excluding hydrogens is 535 g/mol. The van der Waals surface area contributed by atoms with Crippen molar-refractivity contribution < 1.29 is 36.6 Å². The molecule has 12 heteroatoms. The molecule has 1 unspecified atom stereocenters. The SMILES string of the molecule is COc1cc(C(=O)O)c(F)cc1NSc1csc(-c2ccc(C3=CCC(C(F)(F)F)CC3)c(C)c2F)n1. The number of hydrogen-bond acceptors (Lipinski definition) is 6. The average molecular weight is 557 g/mol. The van der Waals surface area contributed by atoms with Crippen molar-refractivity contribution in [2.45, 2.75) is 37.4 Å². The maximum absolute atomic E-state index is 15.3. The number of thiazole rings is 1. The minimum Gasteiger partial charge on any atom is -0.495 e. The van der Waals surface area contributed by atoms with Crippen molar-refractivity contribution in [2.24, 2.45) is 5.92 Å². The zero-order chi connectivity index (χ0) is 26.9. The molecule has 2 aromatic carbocycles. The van der Waals surface area contributed by atoms with Gasteiger partial charge < -0.3 is 14.6 Å². The summed E-state index contributed by atoms with van der Waals surface area (Å²) < 4.78 is 76.3. The molecule has 0 saturated carbocycles. The first-order chi connectivity index (χ1) is 17.5. The first-order valence-electron chi connectivity index (χ1n) is 11.0. The minimum atomic E-state index is -4.23. The molecule has 0 saturated heterocycles. The number of carbonyl (C=O) groups is 1. The Morgan fingerprint density at radius 3 is 2.59 bits per heavy atom. The van der Waals surface area contributed by atoms with Gasteiger partial charge in [0.05, 0.1) is 24.3 Å². The Hall–Kier alpha value is -3.12. The third-order valence-corrected chi connectivity index (χ3v) is 7.87. The number of carboxylic acid groups (broad SMARTS) is 1. The second-order valence-corrected chi connectivity index (χ2v) is 10.1. The molecule has 0 aliphatic heterocycles. The highest BCUT2D eigenvalue weighted by Crippen LogP contribution is 2.41. The summed E-state index contributed by atoms with van der Waals surface area (Å²) in [5.41, 5.74) is 1.57. The lowest BCUT2D eigenvalue weighted by Crippen LogP contribution is -2.24. The van der Waals surface area contributed by atoms with Crippen LogP contribution in [0.4, 0.5) is 27.6 Å². The van der Waals surface area contributed by atoms with E-state index in [1.54, 1.807) is 30.5 Å². The number of aromatic nitrogens is 1. The number of aromatic carboxylic acids is 1. The molecule has 2 N–H and O–H groups in total. The van der Waals surface area contributed by atoms with E-state index < -0.39 is 35.3 Å². The maximum Gasteiger partial charge on any atom is 0.392 e. The quantitative estimate of drug-likeness (QED) is 0.227. The molecule has 1 heterocycles. The molecule has 0 amide bonds. The highest BCUT2D eigenvalue weighted by molar-refractivity contribution is 8.00. The summed E-state index contributed by atoms with van der Waals surface area (Å²) in [5.74, 6) is -4.10. The van der Waals surface area contributed by atoms with E-state index in [4.69, 9.17) is 9.84 Å². The highest BCUT2D eigenvalue weighted by Gasteiger charge is 2.39. The number of rotatable bonds is 7. The molecule has 0 fully saturated rings. The van der Waals surface area contributed by atoms with Crippen molar-refractivity contribution in [3.8, 4) is 16.3 Å². The number of allylic oxidation sites excluding steroid dienone is 2. The summed E-state index contributed by atoms with van der Waals surface area (Å²) >= 11 is 2.20. The molecule has 0 radical (unpaired) electrons. The van der Waals surface area contributed by atoms with Crippen molar-refractivity contribution in [3.63, 3.8) is 0 Å². The number of benzene rings is 2. The topological polar surface area (TPSA) is 71.5 Å². The van der Waals surface area contributed by atoms with E-state index in [-0.39, 0.29) is 36.3 Å². The van der Waals surface area contributed by atoms with Gasteiger partial charge in [0.1, 0.15) is 27.4 Å². The Morgan fingerprint density at radius 2 is 1.97 bits per heavy atom. The van der Waals surface area contributed by atoms with Gasteiger partial charge in [-0.2, -0.15) is 13.2 Å². The highest BCUT2D eigenvalue weighted by atomic mass is 32.2. The molecule has 0 bridgehead atoms. The summed E-state index contributed by atoms with van der Waals surface area (Å²) in [5, 5.41) is 11.6. The molecule has 196 valence electrons. The molecular formula is C25H21F5N2O3S2. The van der Waals surface area contributed by atoms with E-state index in [1.807, 2.05) is 0 Å². The van der Waals surface area contributed by atoms with Gasteiger partial charge in [-0.15, -0.1) is 11.3 Å². The summed E-state index contributed by atoms with van der Waals surface area (Å²) in [6, 6.07) is 5.34. The van der Waals surface area contributed by atoms with Crippen LogP contribution in [-0.4, -0.2) is 29.3 Å². The molecule has 1 aromatic heterocycles. The number of nitrogens with one attached hydrogen (secondary N) is 1. The maximum atomic E-state index is 15.3. The number of methoxy groups -OCH3 is 1. The Morgan fingerprint density at radius 1 is 1.24 bits per heavy atom. The third-order valence-electron chi connectivity index (χ3n) is 6.10. The second kappa shape index (κ2) is 10.7. The molecule has 0 spiro atoms. The lowest BCUT2D eigenvalue weighted by atomic mass is 9.84. The van der Waals surface area contributed by atoms with E-state index in [0.717, 1.165) is 24.1 Å². The molecule has 37 heavy (non-hydrogen) atoms. The van der Waals surface area contributed by atoms with Crippen molar-refractivity contribution >= 4 is 40.5 Å². The van der Waals surface area contributed by atoms with Crippen LogP contribution in [0, 0.1) is 24.5 Å². The molecule has 1 atom stereocenters. The van der Waals surface area contributed by atoms with Crippen LogP contribution in [0.5, 0.6) is 5.75 Å². The van der Waals surface area contributed by atoms with Crippen LogP contribution in [0.2, 0.25) is 0 Å². The number of anilines is 1. The molecule has 3 aromatic rings. The van der Waals surface area contributed by atoms with Gasteiger partial charge in [0.2, 0.25) is 0 Å². The Kier molecular flexibility index (Phi) is 7.79. The van der Waals surface area contributed by atoms with Crippen LogP contribution in [-0.2, 0) is 0 Å². The Bertz CT molecular complexity index is 1370. The standard InChI is InChI=1S/C25H21F5N2O3S2/c1-12-15(13-3-5-14(6-4-13)25(28,29)30)7-8-16(22(12)27)23-31-21(11-36-23)37-32-19-10-18(26)17(24(33)34)9-20(19)35-2/h3,7-11,14,32H,4-6H2,1-2H3,(H,33,34). The monoisotopic (exact) mass is 556 g/mol. The largest absolute Gasteiger partial charge is 0.495 e. The molecule has 1 aliphatic rings. The number of nitrogens with zero attached hydrogens (tertiary/aromatic N) is 1. The van der Waals surface area contributed by atoms with E-state index in [1.165, 1.54) is 18.4 Å². The fourth-order valence-corrected chi connectivity index (χ4v) is 5.68. The van der Waals surface area contributed by atoms with Gasteiger partial charge in [-0.3, -0.25) is 0 Å². The fraction of sp³-hybridized carbons (Fsp3) is 0.280. The van der Waals surface area contributed by atoms with Crippen LogP contribution in [0.25, 0.3) is 16.1 Å². The Balaban J connectivity index is 1.51. The van der Waals surface area contributed by atoms with Crippen molar-refractivity contribution in [2.75, 3.05) is 11.8 Å². The zero-order valence-electron chi connectivity index (χ0n) is 19.6. The van der Waals surface area contributed by atoms with Gasteiger partial charge in [-0.25, -0.2) is 18.6 Å². The van der Waals surface area contributed by atoms with E-state index in [2.05, 4.69) is 9.71 Å². The normalized spacial score (nSPS) is 15.9. The van der Waals surface area contributed by atoms with Crippen molar-refractivity contribution in [1.29, 1.82) is 0 Å². The van der Waals surface area contributed by atoms with Crippen LogP contribution in [0.15, 0.2) is 40.7 Å². The summed E-state index contributed by atoms with van der Waals surface area (Å²) in [7, 11) is 1.32. The van der Waals surface area contributed by atoms with Gasteiger partial charge in [-0.1, -0.05) is 12.1 Å². The van der Waals surface area contributed by atoms with Crippen LogP contribution in [0.1, 0.15) is 40.7 Å². The van der Waals surface area contributed by atoms with Gasteiger partial charge in [0, 0.05) is 29.0 Å². The smallest absolute Gasteiger partial charge is 0.392 e. The van der Waals surface area contributed by atoms with Gasteiger partial charge in [0.25, 0.3) is 0 Å². The third kappa shape index (κ3) is 5.74. The average Bonchev–Trinajstić information content (AvgIpc) is 3.32. The zero-order valence-corrected chi connectivity index (χ0v) is 21.2. The van der Waals surface area contributed by atoms with Crippen LogP contribution in [0.3, 0.4) is 0 Å². The second-order valence-electron chi connectivity index (χ2n) is 8.37. The van der Waals surface area contributed by atoms with Crippen molar-refractivity contribution in [3.05, 3.63) is 64.0 Å². The fourth-order valence-electron chi connectivity index (χ4n) is 4.08. The predicted octanol–water partition coefficient (Wildman–Crippen LogP) is 7.97. The number of halogens is 5. The number of carboxylic acids is 1. The van der Waals surface area contributed by atoms with Gasteiger partial charge in [0.15, 0.2) is 0 Å². The minimum absolute atomic E-state index is 0.0219. The first kappa shape index (κ1) is 26.9. The lowest BCUT2D eigenvalue weighted by molar-refractivity contribution is -0.175. The van der Waals surface area contributed by atoms with E-state index in [0.29, 0.717) is 26.7 Å².